The van der Waals surface area contributed by atoms with E-state index in [4.69, 9.17) is 11.6 Å². The second kappa shape index (κ2) is 10.7. The molecule has 0 unspecified atom stereocenters. The van der Waals surface area contributed by atoms with Crippen LogP contribution in [0.1, 0.15) is 36.1 Å². The van der Waals surface area contributed by atoms with E-state index >= 15 is 0 Å². The number of carbonyl (C=O) groups excluding carboxylic acids is 1. The number of hydrogen-bond donors (Lipinski definition) is 0. The number of benzene rings is 3. The van der Waals surface area contributed by atoms with E-state index in [1.165, 1.54) is 11.1 Å². The summed E-state index contributed by atoms with van der Waals surface area (Å²) in [6.45, 7) is 0.732. The number of rotatable bonds is 5. The van der Waals surface area contributed by atoms with Crippen molar-refractivity contribution >= 4 is 59.7 Å². The van der Waals surface area contributed by atoms with Gasteiger partial charge in [0.15, 0.2) is 0 Å². The van der Waals surface area contributed by atoms with Gasteiger partial charge in [0.05, 0.1) is 6.04 Å². The molecule has 2 fully saturated rings. The molecule has 0 bridgehead atoms. The maximum Gasteiger partial charge on any atom is 0.140 e. The lowest BCUT2D eigenvalue weighted by molar-refractivity contribution is -0.131. The molecule has 2 aliphatic heterocycles. The van der Waals surface area contributed by atoms with Crippen molar-refractivity contribution in [3.8, 4) is 0 Å². The molecular formula is C26H24ClIN2OS2. The van der Waals surface area contributed by atoms with Crippen molar-refractivity contribution < 1.29 is 4.79 Å². The van der Waals surface area contributed by atoms with Crippen LogP contribution in [0.5, 0.6) is 0 Å². The molecule has 0 N–H and O–H groups in total. The van der Waals surface area contributed by atoms with Crippen LogP contribution >= 0.6 is 53.9 Å². The highest BCUT2D eigenvalue weighted by Gasteiger charge is 2.48. The van der Waals surface area contributed by atoms with Crippen LogP contribution in [0.15, 0.2) is 89.8 Å². The van der Waals surface area contributed by atoms with Crippen molar-refractivity contribution in [2.45, 2.75) is 35.9 Å². The third-order valence-corrected chi connectivity index (χ3v) is 9.95. The van der Waals surface area contributed by atoms with Crippen molar-refractivity contribution in [1.82, 2.24) is 8.61 Å². The Balaban J connectivity index is 1.48. The van der Waals surface area contributed by atoms with E-state index in [1.54, 1.807) is 21.1 Å². The van der Waals surface area contributed by atoms with Crippen LogP contribution in [0.25, 0.3) is 0 Å². The van der Waals surface area contributed by atoms with Crippen molar-refractivity contribution in [3.05, 3.63) is 101 Å². The first-order valence-corrected chi connectivity index (χ1v) is 15.5. The van der Waals surface area contributed by atoms with Gasteiger partial charge in [-0.2, -0.15) is 0 Å². The summed E-state index contributed by atoms with van der Waals surface area (Å²) in [6.07, 6.45) is 1.47. The van der Waals surface area contributed by atoms with Gasteiger partial charge in [0, 0.05) is 62.1 Å². The standard InChI is InChI=1S/C26H24ClIN2OS2/c27-20-12-7-13-21(14-20)32-29-17-22-25(15-23(29)18-8-3-1-4-9-18)30(33-28)24(16-26(22)31)19-10-5-2-6-11-19/h1-14,22-25H,15-17H2/t22-,23+,24+,25+/m1/s1. The first-order valence-electron chi connectivity index (χ1n) is 11.0. The van der Waals surface area contributed by atoms with E-state index in [9.17, 15) is 4.79 Å². The summed E-state index contributed by atoms with van der Waals surface area (Å²) >= 11 is 10.4. The van der Waals surface area contributed by atoms with Crippen LogP contribution in [0.4, 0.5) is 0 Å². The predicted molar refractivity (Wildman–Crippen MR) is 147 cm³/mol. The lowest BCUT2D eigenvalue weighted by Crippen LogP contribution is -2.55. The minimum absolute atomic E-state index is 0.00104. The van der Waals surface area contributed by atoms with Gasteiger partial charge >= 0.3 is 0 Å². The Morgan fingerprint density at radius 1 is 0.879 bits per heavy atom. The first kappa shape index (κ1) is 23.7. The Morgan fingerprint density at radius 3 is 2.18 bits per heavy atom. The summed E-state index contributed by atoms with van der Waals surface area (Å²) in [7, 11) is 1.75. The number of carbonyl (C=O) groups is 1. The highest BCUT2D eigenvalue weighted by molar-refractivity contribution is 14.2. The minimum atomic E-state index is -0.00104. The average Bonchev–Trinajstić information content (AvgIpc) is 2.85. The lowest BCUT2D eigenvalue weighted by Gasteiger charge is -2.51. The number of nitrogens with zero attached hydrogens (tertiary/aromatic N) is 2. The molecule has 2 saturated heterocycles. The lowest BCUT2D eigenvalue weighted by atomic mass is 9.77. The van der Waals surface area contributed by atoms with Gasteiger partial charge in [0.1, 0.15) is 5.78 Å². The Labute approximate surface area is 221 Å². The SMILES string of the molecule is O=C1C[C@@H](c2ccccc2)N(SI)[C@H]2C[C@@H](c3ccccc3)N(Sc3cccc(Cl)c3)C[C@@H]12. The van der Waals surface area contributed by atoms with Gasteiger partial charge in [0.25, 0.3) is 0 Å². The molecular weight excluding hydrogens is 583 g/mol. The summed E-state index contributed by atoms with van der Waals surface area (Å²) in [5.74, 6) is 0.373. The normalized spacial score (nSPS) is 26.2. The molecule has 3 nitrogen and oxygen atoms in total. The fourth-order valence-electron chi connectivity index (χ4n) is 4.99. The molecule has 0 radical (unpaired) electrons. The van der Waals surface area contributed by atoms with Crippen LogP contribution in [0.2, 0.25) is 5.02 Å². The van der Waals surface area contributed by atoms with Gasteiger partial charge in [-0.15, -0.1) is 0 Å². The zero-order valence-electron chi connectivity index (χ0n) is 17.9. The van der Waals surface area contributed by atoms with Crippen LogP contribution in [-0.4, -0.2) is 27.0 Å². The molecule has 0 aliphatic carbocycles. The molecule has 5 rings (SSSR count). The Bertz CT molecular complexity index is 1100. The zero-order chi connectivity index (χ0) is 22.8. The molecule has 7 heteroatoms. The topological polar surface area (TPSA) is 23.6 Å². The van der Waals surface area contributed by atoms with Crippen LogP contribution < -0.4 is 0 Å². The summed E-state index contributed by atoms with van der Waals surface area (Å²) in [4.78, 5) is 14.6. The summed E-state index contributed by atoms with van der Waals surface area (Å²) in [6, 6.07) is 29.7. The molecule has 3 aromatic rings. The molecule has 170 valence electrons. The Kier molecular flexibility index (Phi) is 7.69. The van der Waals surface area contributed by atoms with Gasteiger partial charge in [-0.3, -0.25) is 4.79 Å². The molecule has 33 heavy (non-hydrogen) atoms. The van der Waals surface area contributed by atoms with Crippen molar-refractivity contribution in [1.29, 1.82) is 0 Å². The van der Waals surface area contributed by atoms with E-state index < -0.39 is 0 Å². The second-order valence-corrected chi connectivity index (χ2v) is 11.8. The fourth-order valence-corrected chi connectivity index (χ4v) is 8.73. The zero-order valence-corrected chi connectivity index (χ0v) is 22.4. The number of piperidine rings is 2. The first-order chi connectivity index (χ1) is 16.1. The molecule has 0 aromatic heterocycles. The van der Waals surface area contributed by atoms with Gasteiger partial charge in [-0.05, 0) is 56.8 Å². The summed E-state index contributed by atoms with van der Waals surface area (Å²) < 4.78 is 4.89. The number of halogens is 2. The fraction of sp³-hybridized carbons (Fsp3) is 0.269. The van der Waals surface area contributed by atoms with E-state index in [1.807, 2.05) is 24.3 Å². The van der Waals surface area contributed by atoms with Crippen molar-refractivity contribution in [3.63, 3.8) is 0 Å². The molecule has 3 aromatic carbocycles. The Hall–Kier alpha value is -1.03. The highest BCUT2D eigenvalue weighted by Crippen LogP contribution is 2.50. The summed E-state index contributed by atoms with van der Waals surface area (Å²) in [5, 5.41) is 0.734. The van der Waals surface area contributed by atoms with Crippen molar-refractivity contribution in [2.24, 2.45) is 5.92 Å². The maximum atomic E-state index is 13.5. The quantitative estimate of drug-likeness (QED) is 0.218. The predicted octanol–water partition coefficient (Wildman–Crippen LogP) is 7.79. The van der Waals surface area contributed by atoms with Gasteiger partial charge in [0.2, 0.25) is 0 Å². The average molecular weight is 607 g/mol. The van der Waals surface area contributed by atoms with E-state index in [-0.39, 0.29) is 24.0 Å². The number of fused-ring (bicyclic) bond motifs is 1. The third kappa shape index (κ3) is 5.16. The van der Waals surface area contributed by atoms with Crippen LogP contribution in [0.3, 0.4) is 0 Å². The second-order valence-electron chi connectivity index (χ2n) is 8.51. The number of Topliss-reactive ketones (excluding diaryl/α,β-unsaturated/α-hetero) is 1. The third-order valence-electron chi connectivity index (χ3n) is 6.56. The molecule has 2 heterocycles. The molecule has 0 saturated carbocycles. The molecule has 0 spiro atoms. The number of ketones is 1. The summed E-state index contributed by atoms with van der Waals surface area (Å²) in [5.41, 5.74) is 2.51. The molecule has 0 amide bonds. The van der Waals surface area contributed by atoms with Crippen LogP contribution in [-0.2, 0) is 4.79 Å². The van der Waals surface area contributed by atoms with Gasteiger partial charge < -0.3 is 0 Å². The minimum Gasteiger partial charge on any atom is -0.299 e. The van der Waals surface area contributed by atoms with Gasteiger partial charge in [-0.1, -0.05) is 78.3 Å². The molecule has 2 aliphatic rings. The van der Waals surface area contributed by atoms with Gasteiger partial charge in [-0.25, -0.2) is 8.61 Å². The molecule has 4 atom stereocenters. The largest absolute Gasteiger partial charge is 0.299 e. The van der Waals surface area contributed by atoms with Crippen LogP contribution in [0, 0.1) is 5.92 Å². The monoisotopic (exact) mass is 606 g/mol. The maximum absolute atomic E-state index is 13.5. The van der Waals surface area contributed by atoms with E-state index in [0.29, 0.717) is 12.2 Å². The van der Waals surface area contributed by atoms with E-state index in [0.717, 1.165) is 22.9 Å². The van der Waals surface area contributed by atoms with E-state index in [2.05, 4.69) is 90.5 Å². The highest BCUT2D eigenvalue weighted by atomic mass is 127. The van der Waals surface area contributed by atoms with Crippen molar-refractivity contribution in [2.75, 3.05) is 6.54 Å². The smallest absolute Gasteiger partial charge is 0.140 e. The Morgan fingerprint density at radius 2 is 1.55 bits per heavy atom. The number of hydrogen-bond acceptors (Lipinski definition) is 5.